The molecule has 1 aromatic heterocycles. The number of hydrogen-bond acceptors (Lipinski definition) is 2. The third-order valence-electron chi connectivity index (χ3n) is 6.66. The van der Waals surface area contributed by atoms with Crippen LogP contribution < -0.4 is 4.90 Å². The van der Waals surface area contributed by atoms with Gasteiger partial charge in [-0.25, -0.2) is 4.39 Å². The van der Waals surface area contributed by atoms with Crippen LogP contribution in [0.1, 0.15) is 0 Å². The summed E-state index contributed by atoms with van der Waals surface area (Å²) in [5.74, 6) is -0.237. The first-order chi connectivity index (χ1) is 17.3. The van der Waals surface area contributed by atoms with Crippen molar-refractivity contribution in [1.29, 1.82) is 0 Å². The molecule has 0 aliphatic carbocycles. The van der Waals surface area contributed by atoms with Crippen LogP contribution in [0, 0.1) is 5.82 Å². The van der Waals surface area contributed by atoms with Crippen molar-refractivity contribution < 1.29 is 4.39 Å². The SMILES string of the molecule is Fc1ccc(N(c2ccccc2)c2cc3sc4cc5ccccc5cc4c3c3ccccc23)cc1. The van der Waals surface area contributed by atoms with Crippen molar-refractivity contribution in [2.24, 2.45) is 0 Å². The topological polar surface area (TPSA) is 3.24 Å². The van der Waals surface area contributed by atoms with Crippen LogP contribution in [0.5, 0.6) is 0 Å². The van der Waals surface area contributed by atoms with E-state index in [1.807, 2.05) is 41.7 Å². The molecule has 0 atom stereocenters. The van der Waals surface area contributed by atoms with E-state index in [1.54, 1.807) is 0 Å². The van der Waals surface area contributed by atoms with Crippen LogP contribution in [-0.4, -0.2) is 0 Å². The maximum absolute atomic E-state index is 13.8. The lowest BCUT2D eigenvalue weighted by Crippen LogP contribution is -2.10. The standard InChI is InChI=1S/C32H20FNS/c33-23-14-16-25(17-15-23)34(24-10-2-1-3-11-24)29-20-31-32(27-13-7-6-12-26(27)29)28-18-21-8-4-5-9-22(21)19-30(28)35-31/h1-20H. The summed E-state index contributed by atoms with van der Waals surface area (Å²) in [5.41, 5.74) is 3.05. The normalized spacial score (nSPS) is 11.6. The molecule has 7 rings (SSSR count). The van der Waals surface area contributed by atoms with Gasteiger partial charge in [-0.3, -0.25) is 0 Å². The van der Waals surface area contributed by atoms with E-state index in [-0.39, 0.29) is 5.82 Å². The van der Waals surface area contributed by atoms with Crippen molar-refractivity contribution in [1.82, 2.24) is 0 Å². The van der Waals surface area contributed by atoms with Crippen molar-refractivity contribution in [2.75, 3.05) is 4.90 Å². The van der Waals surface area contributed by atoms with E-state index in [0.717, 1.165) is 17.1 Å². The molecule has 0 spiro atoms. The van der Waals surface area contributed by atoms with Crippen LogP contribution in [0.25, 0.3) is 41.7 Å². The highest BCUT2D eigenvalue weighted by Crippen LogP contribution is 2.46. The highest BCUT2D eigenvalue weighted by molar-refractivity contribution is 7.26. The minimum atomic E-state index is -0.237. The fraction of sp³-hybridized carbons (Fsp3) is 0. The molecule has 6 aromatic carbocycles. The lowest BCUT2D eigenvalue weighted by molar-refractivity contribution is 0.628. The second-order valence-corrected chi connectivity index (χ2v) is 9.84. The first-order valence-corrected chi connectivity index (χ1v) is 12.5. The summed E-state index contributed by atoms with van der Waals surface area (Å²) >= 11 is 1.83. The van der Waals surface area contributed by atoms with Gasteiger partial charge in [0, 0.05) is 36.9 Å². The maximum Gasteiger partial charge on any atom is 0.123 e. The van der Waals surface area contributed by atoms with Crippen LogP contribution in [-0.2, 0) is 0 Å². The molecule has 166 valence electrons. The summed E-state index contributed by atoms with van der Waals surface area (Å²) in [6, 6.07) is 41.1. The molecule has 1 nitrogen and oxygen atoms in total. The Morgan fingerprint density at radius 2 is 1.14 bits per heavy atom. The monoisotopic (exact) mass is 469 g/mol. The molecule has 0 bridgehead atoms. The number of para-hydroxylation sites is 1. The smallest absolute Gasteiger partial charge is 0.123 e. The minimum absolute atomic E-state index is 0.237. The molecule has 0 radical (unpaired) electrons. The van der Waals surface area contributed by atoms with Gasteiger partial charge >= 0.3 is 0 Å². The third kappa shape index (κ3) is 3.28. The van der Waals surface area contributed by atoms with Gasteiger partial charge in [-0.2, -0.15) is 0 Å². The number of anilines is 3. The van der Waals surface area contributed by atoms with E-state index in [4.69, 9.17) is 0 Å². The Balaban J connectivity index is 1.59. The summed E-state index contributed by atoms with van der Waals surface area (Å²) in [6.07, 6.45) is 0. The van der Waals surface area contributed by atoms with Gasteiger partial charge in [-0.15, -0.1) is 11.3 Å². The molecule has 0 saturated carbocycles. The lowest BCUT2D eigenvalue weighted by Gasteiger charge is -2.27. The fourth-order valence-corrected chi connectivity index (χ4v) is 6.27. The molecule has 7 aromatic rings. The van der Waals surface area contributed by atoms with E-state index in [1.165, 1.54) is 53.8 Å². The molecule has 0 saturated heterocycles. The van der Waals surface area contributed by atoms with Crippen molar-refractivity contribution in [3.8, 4) is 0 Å². The lowest BCUT2D eigenvalue weighted by atomic mass is 9.99. The van der Waals surface area contributed by atoms with Gasteiger partial charge in [0.2, 0.25) is 0 Å². The molecule has 0 amide bonds. The summed E-state index contributed by atoms with van der Waals surface area (Å²) in [4.78, 5) is 2.22. The van der Waals surface area contributed by atoms with Gasteiger partial charge in [0.15, 0.2) is 0 Å². The van der Waals surface area contributed by atoms with Crippen molar-refractivity contribution >= 4 is 70.1 Å². The second-order valence-electron chi connectivity index (χ2n) is 8.76. The predicted octanol–water partition coefficient (Wildman–Crippen LogP) is 9.97. The molecule has 0 fully saturated rings. The molecule has 0 aliphatic heterocycles. The number of nitrogens with zero attached hydrogens (tertiary/aromatic N) is 1. The summed E-state index contributed by atoms with van der Waals surface area (Å²) in [5, 5.41) is 7.49. The number of thiophene rings is 1. The first-order valence-electron chi connectivity index (χ1n) is 11.6. The van der Waals surface area contributed by atoms with E-state index in [2.05, 4.69) is 83.8 Å². The second kappa shape index (κ2) is 7.93. The number of fused-ring (bicyclic) bond motifs is 6. The van der Waals surface area contributed by atoms with Gasteiger partial charge in [-0.05, 0) is 70.8 Å². The van der Waals surface area contributed by atoms with Crippen LogP contribution in [0.2, 0.25) is 0 Å². The van der Waals surface area contributed by atoms with Gasteiger partial charge in [0.05, 0.1) is 5.69 Å². The zero-order chi connectivity index (χ0) is 23.4. The molecule has 0 N–H and O–H groups in total. The molecule has 0 aliphatic rings. The Morgan fingerprint density at radius 1 is 0.514 bits per heavy atom. The average Bonchev–Trinajstić information content (AvgIpc) is 3.26. The van der Waals surface area contributed by atoms with E-state index >= 15 is 0 Å². The van der Waals surface area contributed by atoms with Gasteiger partial charge in [0.25, 0.3) is 0 Å². The number of hydrogen-bond donors (Lipinski definition) is 0. The Bertz CT molecular complexity index is 1850. The van der Waals surface area contributed by atoms with Gasteiger partial charge < -0.3 is 4.90 Å². The van der Waals surface area contributed by atoms with Crippen LogP contribution in [0.3, 0.4) is 0 Å². The van der Waals surface area contributed by atoms with E-state index in [9.17, 15) is 4.39 Å². The zero-order valence-electron chi connectivity index (χ0n) is 18.8. The Morgan fingerprint density at radius 3 is 1.91 bits per heavy atom. The predicted molar refractivity (Wildman–Crippen MR) is 149 cm³/mol. The molecular weight excluding hydrogens is 449 g/mol. The van der Waals surface area contributed by atoms with Crippen molar-refractivity contribution in [3.63, 3.8) is 0 Å². The highest BCUT2D eigenvalue weighted by atomic mass is 32.1. The zero-order valence-corrected chi connectivity index (χ0v) is 19.6. The average molecular weight is 470 g/mol. The van der Waals surface area contributed by atoms with Gasteiger partial charge in [-0.1, -0.05) is 66.7 Å². The Labute approximate surface area is 206 Å². The highest BCUT2D eigenvalue weighted by Gasteiger charge is 2.19. The largest absolute Gasteiger partial charge is 0.310 e. The molecule has 35 heavy (non-hydrogen) atoms. The summed E-state index contributed by atoms with van der Waals surface area (Å²) < 4.78 is 16.4. The van der Waals surface area contributed by atoms with Crippen LogP contribution >= 0.6 is 11.3 Å². The van der Waals surface area contributed by atoms with Crippen LogP contribution in [0.15, 0.2) is 121 Å². The van der Waals surface area contributed by atoms with Crippen molar-refractivity contribution in [2.45, 2.75) is 0 Å². The Hall–Kier alpha value is -4.21. The number of halogens is 1. The molecule has 1 heterocycles. The number of rotatable bonds is 3. The van der Waals surface area contributed by atoms with Crippen molar-refractivity contribution in [3.05, 3.63) is 127 Å². The van der Waals surface area contributed by atoms with E-state index in [0.29, 0.717) is 0 Å². The molecule has 0 unspecified atom stereocenters. The molecular formula is C32H20FNS. The molecule has 3 heteroatoms. The summed E-state index contributed by atoms with van der Waals surface area (Å²) in [7, 11) is 0. The maximum atomic E-state index is 13.8. The Kier molecular flexibility index (Phi) is 4.58. The summed E-state index contributed by atoms with van der Waals surface area (Å²) in [6.45, 7) is 0. The van der Waals surface area contributed by atoms with Crippen LogP contribution in [0.4, 0.5) is 21.5 Å². The quantitative estimate of drug-likeness (QED) is 0.249. The van der Waals surface area contributed by atoms with Gasteiger partial charge in [0.1, 0.15) is 5.82 Å². The third-order valence-corrected chi connectivity index (χ3v) is 7.76. The number of benzene rings is 6. The minimum Gasteiger partial charge on any atom is -0.310 e. The van der Waals surface area contributed by atoms with E-state index < -0.39 is 0 Å². The first kappa shape index (κ1) is 20.2. The fourth-order valence-electron chi connectivity index (χ4n) is 5.09.